The van der Waals surface area contributed by atoms with E-state index < -0.39 is 29.6 Å². The van der Waals surface area contributed by atoms with Crippen LogP contribution >= 0.6 is 11.3 Å². The molecule has 302 valence electrons. The van der Waals surface area contributed by atoms with Crippen molar-refractivity contribution >= 4 is 45.7 Å². The second kappa shape index (κ2) is 14.8. The third-order valence-corrected chi connectivity index (χ3v) is 13.9. The largest absolute Gasteiger partial charge is 0.464 e. The molecule has 57 heavy (non-hydrogen) atoms. The number of benzene rings is 1. The van der Waals surface area contributed by atoms with Crippen molar-refractivity contribution in [1.82, 2.24) is 35.2 Å². The maximum absolute atomic E-state index is 14.2. The van der Waals surface area contributed by atoms with Crippen LogP contribution in [0.3, 0.4) is 0 Å². The molecule has 0 radical (unpaired) electrons. The minimum absolute atomic E-state index is 0.0890. The second-order valence-corrected chi connectivity index (χ2v) is 18.4. The van der Waals surface area contributed by atoms with Crippen LogP contribution in [0.15, 0.2) is 35.8 Å². The zero-order valence-corrected chi connectivity index (χ0v) is 34.7. The number of carbonyl (C=O) groups excluding carboxylic acids is 3. The average molecular weight is 795 g/mol. The Hall–Kier alpha value is -4.37. The predicted molar refractivity (Wildman–Crippen MR) is 220 cm³/mol. The Morgan fingerprint density at radius 3 is 2.67 bits per heavy atom. The molecule has 2 saturated heterocycles. The van der Waals surface area contributed by atoms with E-state index in [9.17, 15) is 14.4 Å². The van der Waals surface area contributed by atoms with E-state index in [0.717, 1.165) is 94.5 Å². The number of pyridine rings is 1. The quantitative estimate of drug-likeness (QED) is 0.262. The summed E-state index contributed by atoms with van der Waals surface area (Å²) in [6, 6.07) is 7.34. The lowest BCUT2D eigenvalue weighted by atomic mass is 9.67. The molecule has 4 aromatic rings. The van der Waals surface area contributed by atoms with Gasteiger partial charge in [0.15, 0.2) is 0 Å². The van der Waals surface area contributed by atoms with Gasteiger partial charge >= 0.3 is 5.97 Å². The molecule has 1 aromatic carbocycles. The first-order valence-corrected chi connectivity index (χ1v) is 21.5. The van der Waals surface area contributed by atoms with Crippen LogP contribution in [0.2, 0.25) is 0 Å². The number of carbonyl (C=O) groups is 3. The van der Waals surface area contributed by atoms with Crippen LogP contribution in [0, 0.1) is 17.3 Å². The van der Waals surface area contributed by atoms with E-state index >= 15 is 0 Å². The van der Waals surface area contributed by atoms with E-state index in [1.54, 1.807) is 7.11 Å². The first kappa shape index (κ1) is 38.2. The Kier molecular flexibility index (Phi) is 9.90. The van der Waals surface area contributed by atoms with Gasteiger partial charge in [-0.25, -0.2) is 10.4 Å². The van der Waals surface area contributed by atoms with Gasteiger partial charge in [0.1, 0.15) is 18.2 Å². The van der Waals surface area contributed by atoms with Crippen LogP contribution < -0.4 is 15.6 Å². The van der Waals surface area contributed by atoms with Gasteiger partial charge in [0.2, 0.25) is 5.91 Å². The Labute approximate surface area is 338 Å². The van der Waals surface area contributed by atoms with Crippen molar-refractivity contribution in [2.24, 2.45) is 17.3 Å². The zero-order valence-electron chi connectivity index (χ0n) is 33.8. The number of anilines is 1. The molecular weight excluding hydrogens is 741 g/mol. The number of fused-ring (bicyclic) bond motifs is 8. The van der Waals surface area contributed by atoms with Gasteiger partial charge in [-0.2, -0.15) is 0 Å². The number of hydrogen-bond donors (Lipinski definition) is 2. The fraction of sp³-hybridized carbons (Fsp3) is 0.558. The van der Waals surface area contributed by atoms with Gasteiger partial charge < -0.3 is 29.2 Å². The van der Waals surface area contributed by atoms with Gasteiger partial charge in [-0.05, 0) is 62.9 Å². The maximum atomic E-state index is 14.2. The number of likely N-dealkylation sites (N-methyl/N-ethyl adjacent to an activating group) is 1. The van der Waals surface area contributed by atoms with E-state index in [1.807, 2.05) is 11.6 Å². The maximum Gasteiger partial charge on any atom is 0.324 e. The summed E-state index contributed by atoms with van der Waals surface area (Å²) >= 11 is 1.49. The van der Waals surface area contributed by atoms with E-state index in [2.05, 4.69) is 84.1 Å². The van der Waals surface area contributed by atoms with Crippen LogP contribution in [0.5, 0.6) is 0 Å². The van der Waals surface area contributed by atoms with E-state index in [1.165, 1.54) is 16.3 Å². The molecule has 1 saturated carbocycles. The van der Waals surface area contributed by atoms with Gasteiger partial charge in [0, 0.05) is 97.5 Å². The molecule has 0 spiro atoms. The number of amides is 2. The molecule has 9 rings (SSSR count). The highest BCUT2D eigenvalue weighted by atomic mass is 32.1. The number of nitrogens with one attached hydrogen (secondary N) is 2. The molecule has 3 aliphatic heterocycles. The molecule has 1 unspecified atom stereocenters. The Balaban J connectivity index is 1.19. The first-order valence-electron chi connectivity index (χ1n) is 20.6. The summed E-state index contributed by atoms with van der Waals surface area (Å²) < 4.78 is 15.1. The summed E-state index contributed by atoms with van der Waals surface area (Å²) in [5, 5.41) is 8.46. The van der Waals surface area contributed by atoms with Crippen molar-refractivity contribution < 1.29 is 23.9 Å². The minimum atomic E-state index is -0.825. The third-order valence-electron chi connectivity index (χ3n) is 13.0. The number of rotatable bonds is 5. The van der Waals surface area contributed by atoms with E-state index in [0.29, 0.717) is 25.3 Å². The van der Waals surface area contributed by atoms with Gasteiger partial charge in [0.05, 0.1) is 40.6 Å². The number of thiazole rings is 1. The van der Waals surface area contributed by atoms with Crippen molar-refractivity contribution in [2.75, 3.05) is 58.4 Å². The number of hydrazine groups is 1. The zero-order chi connectivity index (χ0) is 39.7. The van der Waals surface area contributed by atoms with E-state index in [-0.39, 0.29) is 36.7 Å². The number of aromatic nitrogens is 3. The summed E-state index contributed by atoms with van der Waals surface area (Å²) in [5.41, 5.74) is 10.8. The van der Waals surface area contributed by atoms with Crippen LogP contribution in [0.4, 0.5) is 5.69 Å². The number of hydrogen-bond acceptors (Lipinski definition) is 11. The molecule has 6 heterocycles. The molecule has 6 atom stereocenters. The smallest absolute Gasteiger partial charge is 0.324 e. The van der Waals surface area contributed by atoms with Crippen LogP contribution in [-0.2, 0) is 36.8 Å². The topological polar surface area (TPSA) is 134 Å². The Bertz CT molecular complexity index is 2230. The molecular formula is C43H54N8O5S. The molecule has 14 heteroatoms. The van der Waals surface area contributed by atoms with Gasteiger partial charge in [-0.15, -0.1) is 11.3 Å². The fourth-order valence-electron chi connectivity index (χ4n) is 9.58. The Morgan fingerprint density at radius 1 is 1.14 bits per heavy atom. The number of nitrogens with zero attached hydrogens (tertiary/aromatic N) is 6. The van der Waals surface area contributed by atoms with Crippen LogP contribution in [0.1, 0.15) is 75.2 Å². The molecule has 3 aromatic heterocycles. The van der Waals surface area contributed by atoms with E-state index in [4.69, 9.17) is 19.4 Å². The summed E-state index contributed by atoms with van der Waals surface area (Å²) in [6.45, 7) is 13.7. The molecule has 6 bridgehead atoms. The van der Waals surface area contributed by atoms with Crippen molar-refractivity contribution in [1.29, 1.82) is 0 Å². The monoisotopic (exact) mass is 794 g/mol. The van der Waals surface area contributed by atoms with Crippen molar-refractivity contribution in [2.45, 2.75) is 84.0 Å². The molecule has 2 aliphatic carbocycles. The summed E-state index contributed by atoms with van der Waals surface area (Å²) in [7, 11) is 3.92. The predicted octanol–water partition coefficient (Wildman–Crippen LogP) is 5.15. The molecule has 3 fully saturated rings. The lowest BCUT2D eigenvalue weighted by Crippen LogP contribution is -2.60. The van der Waals surface area contributed by atoms with Gasteiger partial charge in [-0.3, -0.25) is 24.4 Å². The van der Waals surface area contributed by atoms with Crippen LogP contribution in [0.25, 0.3) is 33.4 Å². The fourth-order valence-corrected chi connectivity index (χ4v) is 10.4. The van der Waals surface area contributed by atoms with Crippen molar-refractivity contribution in [3.05, 3.63) is 52.1 Å². The average Bonchev–Trinajstić information content (AvgIpc) is 3.62. The Morgan fingerprint density at radius 2 is 1.93 bits per heavy atom. The minimum Gasteiger partial charge on any atom is -0.464 e. The highest BCUT2D eigenvalue weighted by Crippen LogP contribution is 2.57. The normalized spacial score (nSPS) is 27.5. The molecule has 2 amide bonds. The standard InChI is InChI=1S/C43H54N8O5S/c1-7-50-33-11-10-25-18-28(33)35-36(39(55-6)37-29(38(35)50)19-26(21-44-37)49-15-13-48(5)14-16-49)43(3,4)23-56-42(54)30-9-8-12-51(47-30)41(53)31(20-34-45-32(25)22-57-34)46-40(52)27-17-24(27)2/h10-11,18-19,21-22,24,27,30-31,36,39,47H,7-9,12-17,20,23H2,1-6H3,(H,46,52)/t24-,27-,30-,31-,36?,39-/m0/s1. The second-order valence-electron chi connectivity index (χ2n) is 17.4. The number of aryl methyl sites for hydroxylation is 1. The lowest BCUT2D eigenvalue weighted by molar-refractivity contribution is -0.156. The first-order chi connectivity index (χ1) is 27.4. The molecule has 2 N–H and O–H groups in total. The molecule has 5 aliphatic rings. The summed E-state index contributed by atoms with van der Waals surface area (Å²) in [5.74, 6) is -0.814. The number of cyclic esters (lactones) is 1. The third kappa shape index (κ3) is 6.81. The summed E-state index contributed by atoms with van der Waals surface area (Å²) in [4.78, 5) is 56.4. The lowest BCUT2D eigenvalue weighted by Gasteiger charge is -2.43. The van der Waals surface area contributed by atoms with Crippen molar-refractivity contribution in [3.8, 4) is 22.5 Å². The number of ether oxygens (including phenoxy) is 2. The molecule has 13 nitrogen and oxygen atoms in total. The van der Waals surface area contributed by atoms with Gasteiger partial charge in [0.25, 0.3) is 5.91 Å². The van der Waals surface area contributed by atoms with Crippen LogP contribution in [-0.4, -0.2) is 108 Å². The number of methoxy groups -OCH3 is 1. The number of piperazine rings is 1. The number of esters is 1. The van der Waals surface area contributed by atoms with Gasteiger partial charge in [-0.1, -0.05) is 26.8 Å². The van der Waals surface area contributed by atoms with Crippen molar-refractivity contribution in [3.63, 3.8) is 0 Å². The SMILES string of the molecule is CCn1c2c3c4cc(ccc41)-c1csc(n1)C[C@H](NC(=O)[C@H]1C[C@@H]1C)C(=O)N1CCC[C@H](N1)C(=O)OCC(C)(C)C3[C@H](OC)c1ncc(N3CCN(C)CC3)cc1-2. The highest BCUT2D eigenvalue weighted by molar-refractivity contribution is 7.10. The summed E-state index contributed by atoms with van der Waals surface area (Å²) in [6.07, 6.45) is 3.80. The highest BCUT2D eigenvalue weighted by Gasteiger charge is 2.48.